The molecule has 0 bridgehead atoms. The third-order valence-electron chi connectivity index (χ3n) is 3.88. The molecule has 2 aromatic rings. The summed E-state index contributed by atoms with van der Waals surface area (Å²) in [6.07, 6.45) is 0.327. The van der Waals surface area contributed by atoms with E-state index in [-0.39, 0.29) is 12.1 Å². The van der Waals surface area contributed by atoms with Gasteiger partial charge in [0.1, 0.15) is 5.60 Å². The number of aromatic nitrogens is 2. The van der Waals surface area contributed by atoms with Crippen LogP contribution in [0, 0.1) is 5.41 Å². The molecule has 2 rings (SSSR count). The molecular weight excluding hydrogens is 293 g/mol. The monoisotopic (exact) mass is 312 g/mol. The molecule has 0 aliphatic heterocycles. The molecule has 1 atom stereocenters. The molecule has 0 aliphatic rings. The summed E-state index contributed by atoms with van der Waals surface area (Å²) < 4.78 is 40.5. The van der Waals surface area contributed by atoms with Gasteiger partial charge in [0.2, 0.25) is 0 Å². The van der Waals surface area contributed by atoms with E-state index >= 15 is 0 Å². The van der Waals surface area contributed by atoms with Gasteiger partial charge in [0.15, 0.2) is 0 Å². The minimum atomic E-state index is -4.44. The van der Waals surface area contributed by atoms with Crippen molar-refractivity contribution in [2.24, 2.45) is 5.41 Å². The number of nitrogens with zero attached hydrogens (tertiary/aromatic N) is 2. The Balaban J connectivity index is 2.51. The maximum absolute atomic E-state index is 12.9. The third-order valence-corrected chi connectivity index (χ3v) is 3.88. The highest BCUT2D eigenvalue weighted by Gasteiger charge is 2.43. The van der Waals surface area contributed by atoms with Gasteiger partial charge in [-0.2, -0.15) is 13.2 Å². The molecule has 1 heterocycles. The molecule has 0 saturated heterocycles. The Morgan fingerprint density at radius 1 is 1.14 bits per heavy atom. The fourth-order valence-corrected chi connectivity index (χ4v) is 2.36. The van der Waals surface area contributed by atoms with E-state index in [1.807, 2.05) is 0 Å². The molecule has 0 fully saturated rings. The molecule has 0 aliphatic carbocycles. The maximum Gasteiger partial charge on any atom is 0.416 e. The van der Waals surface area contributed by atoms with Gasteiger partial charge < -0.3 is 9.67 Å². The number of benzene rings is 1. The molecular formula is C16H19F3N2O. The Hall–Kier alpha value is -1.82. The maximum atomic E-state index is 12.9. The van der Waals surface area contributed by atoms with Crippen LogP contribution in [-0.4, -0.2) is 14.7 Å². The van der Waals surface area contributed by atoms with E-state index in [9.17, 15) is 18.3 Å². The van der Waals surface area contributed by atoms with Crippen molar-refractivity contribution in [1.29, 1.82) is 0 Å². The first kappa shape index (κ1) is 16.5. The summed E-state index contributed by atoms with van der Waals surface area (Å²) in [5.74, 6) is 0. The molecule has 0 saturated carbocycles. The van der Waals surface area contributed by atoms with E-state index in [1.165, 1.54) is 18.5 Å². The summed E-state index contributed by atoms with van der Waals surface area (Å²) >= 11 is 0. The van der Waals surface area contributed by atoms with E-state index in [0.29, 0.717) is 0 Å². The lowest BCUT2D eigenvalue weighted by Gasteiger charge is -2.41. The van der Waals surface area contributed by atoms with Gasteiger partial charge in [-0.05, 0) is 23.1 Å². The molecule has 0 amide bonds. The SMILES string of the molecule is CC(C)(C)C(O)(Cn1ccnc1)c1cccc(C(F)(F)F)c1. The van der Waals surface area contributed by atoms with E-state index in [1.54, 1.807) is 37.7 Å². The van der Waals surface area contributed by atoms with Gasteiger partial charge in [0.05, 0.1) is 18.4 Å². The summed E-state index contributed by atoms with van der Waals surface area (Å²) in [5.41, 5.74) is -2.65. The van der Waals surface area contributed by atoms with Crippen molar-refractivity contribution in [1.82, 2.24) is 9.55 Å². The van der Waals surface area contributed by atoms with Gasteiger partial charge in [-0.3, -0.25) is 0 Å². The van der Waals surface area contributed by atoms with Crippen molar-refractivity contribution in [3.05, 3.63) is 54.1 Å². The van der Waals surface area contributed by atoms with Crippen LogP contribution in [0.5, 0.6) is 0 Å². The molecule has 0 spiro atoms. The van der Waals surface area contributed by atoms with Crippen LogP contribution in [0.15, 0.2) is 43.0 Å². The second kappa shape index (κ2) is 5.43. The number of halogens is 3. The number of alkyl halides is 3. The molecule has 22 heavy (non-hydrogen) atoms. The third kappa shape index (κ3) is 3.16. The average molecular weight is 312 g/mol. The van der Waals surface area contributed by atoms with Gasteiger partial charge in [-0.25, -0.2) is 4.98 Å². The summed E-state index contributed by atoms with van der Waals surface area (Å²) in [7, 11) is 0. The Morgan fingerprint density at radius 2 is 1.77 bits per heavy atom. The van der Waals surface area contributed by atoms with Crippen LogP contribution in [0.2, 0.25) is 0 Å². The molecule has 0 radical (unpaired) electrons. The van der Waals surface area contributed by atoms with Crippen LogP contribution in [0.4, 0.5) is 13.2 Å². The lowest BCUT2D eigenvalue weighted by atomic mass is 9.71. The van der Waals surface area contributed by atoms with Crippen molar-refractivity contribution >= 4 is 0 Å². The average Bonchev–Trinajstić information content (AvgIpc) is 2.89. The Labute approximate surface area is 127 Å². The van der Waals surface area contributed by atoms with Gasteiger partial charge in [0.25, 0.3) is 0 Å². The molecule has 1 unspecified atom stereocenters. The van der Waals surface area contributed by atoms with Gasteiger partial charge in [-0.1, -0.05) is 32.9 Å². The van der Waals surface area contributed by atoms with Crippen molar-refractivity contribution < 1.29 is 18.3 Å². The van der Waals surface area contributed by atoms with E-state index < -0.39 is 22.8 Å². The highest BCUT2D eigenvalue weighted by atomic mass is 19.4. The van der Waals surface area contributed by atoms with Crippen LogP contribution in [0.1, 0.15) is 31.9 Å². The fourth-order valence-electron chi connectivity index (χ4n) is 2.36. The number of imidazole rings is 1. The number of hydrogen-bond donors (Lipinski definition) is 1. The predicted octanol–water partition coefficient (Wildman–Crippen LogP) is 3.84. The second-order valence-electron chi connectivity index (χ2n) is 6.42. The molecule has 1 aromatic carbocycles. The van der Waals surface area contributed by atoms with E-state index in [2.05, 4.69) is 4.98 Å². The molecule has 1 aromatic heterocycles. The minimum absolute atomic E-state index is 0.123. The van der Waals surface area contributed by atoms with Crippen molar-refractivity contribution in [3.63, 3.8) is 0 Å². The van der Waals surface area contributed by atoms with Crippen molar-refractivity contribution in [2.75, 3.05) is 0 Å². The standard InChI is InChI=1S/C16H19F3N2O/c1-14(2,3)15(22,10-21-8-7-20-11-21)12-5-4-6-13(9-12)16(17,18)19/h4-9,11,22H,10H2,1-3H3. The van der Waals surface area contributed by atoms with E-state index in [4.69, 9.17) is 0 Å². The summed E-state index contributed by atoms with van der Waals surface area (Å²) in [5, 5.41) is 11.2. The first-order valence-corrected chi connectivity index (χ1v) is 6.90. The zero-order chi connectivity index (χ0) is 16.6. The summed E-state index contributed by atoms with van der Waals surface area (Å²) in [6.45, 7) is 5.51. The molecule has 120 valence electrons. The second-order valence-corrected chi connectivity index (χ2v) is 6.42. The summed E-state index contributed by atoms with van der Waals surface area (Å²) in [4.78, 5) is 3.91. The zero-order valence-corrected chi connectivity index (χ0v) is 12.7. The molecule has 6 heteroatoms. The topological polar surface area (TPSA) is 38.0 Å². The van der Waals surface area contributed by atoms with Crippen LogP contribution in [0.3, 0.4) is 0 Å². The first-order valence-electron chi connectivity index (χ1n) is 6.90. The molecule has 1 N–H and O–H groups in total. The van der Waals surface area contributed by atoms with Crippen LogP contribution in [-0.2, 0) is 18.3 Å². The number of rotatable bonds is 3. The van der Waals surface area contributed by atoms with E-state index in [0.717, 1.165) is 12.1 Å². The minimum Gasteiger partial charge on any atom is -0.383 e. The Morgan fingerprint density at radius 3 is 2.27 bits per heavy atom. The quantitative estimate of drug-likeness (QED) is 0.935. The largest absolute Gasteiger partial charge is 0.416 e. The number of hydrogen-bond acceptors (Lipinski definition) is 2. The highest BCUT2D eigenvalue weighted by molar-refractivity contribution is 5.31. The van der Waals surface area contributed by atoms with Crippen molar-refractivity contribution in [2.45, 2.75) is 39.1 Å². The Kier molecular flexibility index (Phi) is 4.08. The van der Waals surface area contributed by atoms with Gasteiger partial charge >= 0.3 is 6.18 Å². The number of aliphatic hydroxyl groups is 1. The molecule has 3 nitrogen and oxygen atoms in total. The lowest BCUT2D eigenvalue weighted by molar-refractivity contribution is -0.138. The zero-order valence-electron chi connectivity index (χ0n) is 12.7. The summed E-state index contributed by atoms with van der Waals surface area (Å²) in [6, 6.07) is 4.87. The normalized spacial score (nSPS) is 15.6. The van der Waals surface area contributed by atoms with Crippen LogP contribution >= 0.6 is 0 Å². The van der Waals surface area contributed by atoms with Gasteiger partial charge in [0, 0.05) is 12.4 Å². The highest BCUT2D eigenvalue weighted by Crippen LogP contribution is 2.42. The fraction of sp³-hybridized carbons (Fsp3) is 0.438. The lowest BCUT2D eigenvalue weighted by Crippen LogP contribution is -2.43. The Bertz CT molecular complexity index is 630. The van der Waals surface area contributed by atoms with Crippen molar-refractivity contribution in [3.8, 4) is 0 Å². The van der Waals surface area contributed by atoms with Gasteiger partial charge in [-0.15, -0.1) is 0 Å². The van der Waals surface area contributed by atoms with Crippen LogP contribution < -0.4 is 0 Å². The smallest absolute Gasteiger partial charge is 0.383 e. The predicted molar refractivity (Wildman–Crippen MR) is 77.0 cm³/mol. The van der Waals surface area contributed by atoms with Crippen LogP contribution in [0.25, 0.3) is 0 Å². The first-order chi connectivity index (χ1) is 10.0.